The molecule has 0 aliphatic heterocycles. The van der Waals surface area contributed by atoms with Crippen LogP contribution in [0.4, 0.5) is 0 Å². The molecule has 1 fully saturated rings. The van der Waals surface area contributed by atoms with Crippen molar-refractivity contribution in [2.24, 2.45) is 17.3 Å². The molecule has 2 bridgehead atoms. The van der Waals surface area contributed by atoms with E-state index in [2.05, 4.69) is 12.2 Å². The van der Waals surface area contributed by atoms with E-state index in [1.807, 2.05) is 0 Å². The minimum absolute atomic E-state index is 0.134. The van der Waals surface area contributed by atoms with Crippen LogP contribution < -0.4 is 0 Å². The summed E-state index contributed by atoms with van der Waals surface area (Å²) in [7, 11) is 0. The summed E-state index contributed by atoms with van der Waals surface area (Å²) >= 11 is 0. The lowest BCUT2D eigenvalue weighted by atomic mass is 9.77. The topological polar surface area (TPSA) is 40.5 Å². The van der Waals surface area contributed by atoms with E-state index < -0.39 is 0 Å². The number of hydrogen-bond donors (Lipinski definition) is 2. The molecule has 1 saturated carbocycles. The molecule has 0 saturated heterocycles. The van der Waals surface area contributed by atoms with Gasteiger partial charge in [0.15, 0.2) is 0 Å². The molecule has 2 nitrogen and oxygen atoms in total. The molecule has 2 atom stereocenters. The summed E-state index contributed by atoms with van der Waals surface area (Å²) in [6.45, 7) is 0.268. The van der Waals surface area contributed by atoms with Gasteiger partial charge in [0.05, 0.1) is 13.2 Å². The fraction of sp³-hybridized carbons (Fsp3) is 0.778. The Hall–Kier alpha value is -0.340. The maximum absolute atomic E-state index is 9.14. The molecule has 0 radical (unpaired) electrons. The third kappa shape index (κ3) is 0.861. The third-order valence-corrected chi connectivity index (χ3v) is 3.26. The number of hydrogen-bond acceptors (Lipinski definition) is 2. The predicted molar refractivity (Wildman–Crippen MR) is 42.0 cm³/mol. The molecule has 0 heterocycles. The van der Waals surface area contributed by atoms with Gasteiger partial charge in [-0.15, -0.1) is 0 Å². The largest absolute Gasteiger partial charge is 0.396 e. The minimum Gasteiger partial charge on any atom is -0.396 e. The highest BCUT2D eigenvalue weighted by Crippen LogP contribution is 2.51. The van der Waals surface area contributed by atoms with Crippen LogP contribution in [-0.2, 0) is 0 Å². The molecular weight excluding hydrogens is 140 g/mol. The molecule has 0 amide bonds. The van der Waals surface area contributed by atoms with Gasteiger partial charge in [0.2, 0.25) is 0 Å². The van der Waals surface area contributed by atoms with Crippen LogP contribution in [-0.4, -0.2) is 23.4 Å². The zero-order chi connectivity index (χ0) is 7.90. The Morgan fingerprint density at radius 3 is 2.27 bits per heavy atom. The first-order chi connectivity index (χ1) is 5.30. The summed E-state index contributed by atoms with van der Waals surface area (Å²) in [6, 6.07) is 0. The van der Waals surface area contributed by atoms with Crippen LogP contribution >= 0.6 is 0 Å². The van der Waals surface area contributed by atoms with Crippen LogP contribution in [0.2, 0.25) is 0 Å². The maximum atomic E-state index is 9.14. The lowest BCUT2D eigenvalue weighted by Gasteiger charge is -2.31. The number of allylic oxidation sites excluding steroid dienone is 2. The zero-order valence-corrected chi connectivity index (χ0v) is 6.53. The number of aliphatic hydroxyl groups excluding tert-OH is 2. The van der Waals surface area contributed by atoms with Crippen LogP contribution in [0, 0.1) is 17.3 Å². The van der Waals surface area contributed by atoms with E-state index in [0.717, 1.165) is 12.8 Å². The van der Waals surface area contributed by atoms with Crippen LogP contribution in [0.3, 0.4) is 0 Å². The molecule has 0 aromatic heterocycles. The maximum Gasteiger partial charge on any atom is 0.0515 e. The van der Waals surface area contributed by atoms with Crippen molar-refractivity contribution in [1.29, 1.82) is 0 Å². The summed E-state index contributed by atoms with van der Waals surface area (Å²) < 4.78 is 0. The van der Waals surface area contributed by atoms with Gasteiger partial charge in [-0.1, -0.05) is 12.2 Å². The first kappa shape index (κ1) is 7.32. The van der Waals surface area contributed by atoms with Crippen LogP contribution in [0.15, 0.2) is 12.2 Å². The molecule has 0 unspecified atom stereocenters. The van der Waals surface area contributed by atoms with E-state index >= 15 is 0 Å². The van der Waals surface area contributed by atoms with Crippen molar-refractivity contribution in [3.05, 3.63) is 12.2 Å². The average molecular weight is 154 g/mol. The minimum atomic E-state index is -0.181. The highest BCUT2D eigenvalue weighted by molar-refractivity contribution is 5.15. The Kier molecular flexibility index (Phi) is 1.55. The zero-order valence-electron chi connectivity index (χ0n) is 6.53. The van der Waals surface area contributed by atoms with Crippen molar-refractivity contribution in [3.8, 4) is 0 Å². The Morgan fingerprint density at radius 1 is 1.27 bits per heavy atom. The second-order valence-corrected chi connectivity index (χ2v) is 3.87. The van der Waals surface area contributed by atoms with E-state index in [1.165, 1.54) is 0 Å². The van der Waals surface area contributed by atoms with Crippen molar-refractivity contribution in [2.75, 3.05) is 13.2 Å². The van der Waals surface area contributed by atoms with Gasteiger partial charge in [-0.2, -0.15) is 0 Å². The second kappa shape index (κ2) is 2.32. The molecule has 0 aromatic carbocycles. The van der Waals surface area contributed by atoms with Gasteiger partial charge in [0.1, 0.15) is 0 Å². The quantitative estimate of drug-likeness (QED) is 0.570. The van der Waals surface area contributed by atoms with Crippen LogP contribution in [0.25, 0.3) is 0 Å². The molecule has 0 aromatic rings. The normalized spacial score (nSPS) is 38.4. The second-order valence-electron chi connectivity index (χ2n) is 3.87. The van der Waals surface area contributed by atoms with E-state index in [9.17, 15) is 0 Å². The van der Waals surface area contributed by atoms with E-state index in [4.69, 9.17) is 10.2 Å². The number of fused-ring (bicyclic) bond motifs is 2. The van der Waals surface area contributed by atoms with Gasteiger partial charge in [0.25, 0.3) is 0 Å². The standard InChI is InChI=1S/C9H14O2/c10-5-9(6-11)4-7-1-2-8(9)3-7/h1-2,7-8,10-11H,3-6H2/t7-,8+/m1/s1. The van der Waals surface area contributed by atoms with Gasteiger partial charge in [0, 0.05) is 5.41 Å². The van der Waals surface area contributed by atoms with Gasteiger partial charge < -0.3 is 10.2 Å². The van der Waals surface area contributed by atoms with Crippen LogP contribution in [0.1, 0.15) is 12.8 Å². The molecule has 62 valence electrons. The number of aliphatic hydroxyl groups is 2. The summed E-state index contributed by atoms with van der Waals surface area (Å²) in [4.78, 5) is 0. The Morgan fingerprint density at radius 2 is 2.00 bits per heavy atom. The SMILES string of the molecule is OCC1(CO)C[C@@H]2C=C[C@H]1C2. The highest BCUT2D eigenvalue weighted by Gasteiger charge is 2.47. The smallest absolute Gasteiger partial charge is 0.0515 e. The Balaban J connectivity index is 2.21. The van der Waals surface area contributed by atoms with E-state index in [1.54, 1.807) is 0 Å². The molecule has 2 rings (SSSR count). The molecule has 11 heavy (non-hydrogen) atoms. The fourth-order valence-corrected chi connectivity index (χ4v) is 2.47. The third-order valence-electron chi connectivity index (χ3n) is 3.26. The van der Waals surface area contributed by atoms with E-state index in [0.29, 0.717) is 11.8 Å². The molecule has 2 N–H and O–H groups in total. The lowest BCUT2D eigenvalue weighted by molar-refractivity contribution is 0.0335. The summed E-state index contributed by atoms with van der Waals surface area (Å²) in [5.41, 5.74) is -0.181. The van der Waals surface area contributed by atoms with Gasteiger partial charge in [-0.25, -0.2) is 0 Å². The van der Waals surface area contributed by atoms with Crippen molar-refractivity contribution in [3.63, 3.8) is 0 Å². The van der Waals surface area contributed by atoms with Crippen molar-refractivity contribution < 1.29 is 10.2 Å². The first-order valence-electron chi connectivity index (χ1n) is 4.21. The van der Waals surface area contributed by atoms with Gasteiger partial charge >= 0.3 is 0 Å². The Bertz CT molecular complexity index is 182. The predicted octanol–water partition coefficient (Wildman–Crippen LogP) is 0.553. The Labute approximate surface area is 66.5 Å². The van der Waals surface area contributed by atoms with E-state index in [-0.39, 0.29) is 18.6 Å². The monoisotopic (exact) mass is 154 g/mol. The average Bonchev–Trinajstić information content (AvgIpc) is 2.62. The summed E-state index contributed by atoms with van der Waals surface area (Å²) in [5, 5.41) is 18.3. The van der Waals surface area contributed by atoms with Gasteiger partial charge in [-0.3, -0.25) is 0 Å². The van der Waals surface area contributed by atoms with Crippen molar-refractivity contribution in [2.45, 2.75) is 12.8 Å². The molecule has 2 aliphatic rings. The summed E-state index contributed by atoms with van der Waals surface area (Å²) in [6.07, 6.45) is 6.48. The fourth-order valence-electron chi connectivity index (χ4n) is 2.47. The molecule has 2 aliphatic carbocycles. The molecule has 0 spiro atoms. The van der Waals surface area contributed by atoms with Crippen molar-refractivity contribution in [1.82, 2.24) is 0 Å². The first-order valence-corrected chi connectivity index (χ1v) is 4.21. The van der Waals surface area contributed by atoms with Gasteiger partial charge in [-0.05, 0) is 24.7 Å². The molecular formula is C9H14O2. The molecule has 2 heteroatoms. The summed E-state index contributed by atoms with van der Waals surface area (Å²) in [5.74, 6) is 1.06. The lowest BCUT2D eigenvalue weighted by Crippen LogP contribution is -2.33. The van der Waals surface area contributed by atoms with Crippen molar-refractivity contribution >= 4 is 0 Å². The number of rotatable bonds is 2. The highest BCUT2D eigenvalue weighted by atomic mass is 16.3. The van der Waals surface area contributed by atoms with Crippen LogP contribution in [0.5, 0.6) is 0 Å².